The highest BCUT2D eigenvalue weighted by Gasteiger charge is 2.34. The predicted molar refractivity (Wildman–Crippen MR) is 56.4 cm³/mol. The number of rotatable bonds is 4. The Balaban J connectivity index is 2.76. The number of carboxylic acids is 1. The van der Waals surface area contributed by atoms with Gasteiger partial charge in [-0.3, -0.25) is 4.79 Å². The van der Waals surface area contributed by atoms with Crippen molar-refractivity contribution in [3.63, 3.8) is 0 Å². The first kappa shape index (κ1) is 11.7. The summed E-state index contributed by atoms with van der Waals surface area (Å²) in [4.78, 5) is 10.7. The Labute approximate surface area is 88.3 Å². The van der Waals surface area contributed by atoms with Gasteiger partial charge >= 0.3 is 5.97 Å². The maximum absolute atomic E-state index is 10.7. The molecule has 0 aromatic heterocycles. The zero-order valence-electron chi connectivity index (χ0n) is 8.55. The van der Waals surface area contributed by atoms with Crippen LogP contribution in [0.4, 0.5) is 0 Å². The third kappa shape index (κ3) is 3.04. The van der Waals surface area contributed by atoms with E-state index < -0.39 is 17.6 Å². The second-order valence-corrected chi connectivity index (χ2v) is 3.84. The molecule has 0 amide bonds. The molecule has 1 aromatic rings. The molecule has 0 saturated heterocycles. The smallest absolute Gasteiger partial charge is 0.323 e. The van der Waals surface area contributed by atoms with Crippen LogP contribution < -0.4 is 5.73 Å². The largest absolute Gasteiger partial charge is 0.480 e. The van der Waals surface area contributed by atoms with Crippen LogP contribution in [-0.4, -0.2) is 27.8 Å². The maximum Gasteiger partial charge on any atom is 0.323 e. The molecule has 0 spiro atoms. The van der Waals surface area contributed by atoms with E-state index in [1.165, 1.54) is 6.92 Å². The second-order valence-electron chi connectivity index (χ2n) is 3.84. The van der Waals surface area contributed by atoms with Gasteiger partial charge in [-0.2, -0.15) is 0 Å². The molecule has 0 fully saturated rings. The van der Waals surface area contributed by atoms with Crippen LogP contribution in [0.1, 0.15) is 12.5 Å². The number of carbonyl (C=O) groups is 1. The van der Waals surface area contributed by atoms with E-state index in [1.807, 2.05) is 30.3 Å². The average Bonchev–Trinajstić information content (AvgIpc) is 2.17. The van der Waals surface area contributed by atoms with E-state index in [4.69, 9.17) is 10.8 Å². The third-order valence-corrected chi connectivity index (χ3v) is 2.34. The van der Waals surface area contributed by atoms with Gasteiger partial charge in [0.1, 0.15) is 6.04 Å². The van der Waals surface area contributed by atoms with Crippen molar-refractivity contribution < 1.29 is 15.0 Å². The number of aliphatic hydroxyl groups is 1. The maximum atomic E-state index is 10.7. The highest BCUT2D eigenvalue weighted by Crippen LogP contribution is 2.16. The Morgan fingerprint density at radius 2 is 2.00 bits per heavy atom. The lowest BCUT2D eigenvalue weighted by molar-refractivity contribution is -0.144. The van der Waals surface area contributed by atoms with Crippen molar-refractivity contribution in [2.75, 3.05) is 0 Å². The number of nitrogens with two attached hydrogens (primary N) is 1. The number of benzene rings is 1. The molecule has 4 N–H and O–H groups in total. The summed E-state index contributed by atoms with van der Waals surface area (Å²) in [5.74, 6) is -1.20. The molecule has 0 saturated carbocycles. The molecular formula is C11H15NO3. The number of hydrogen-bond donors (Lipinski definition) is 3. The summed E-state index contributed by atoms with van der Waals surface area (Å²) in [7, 11) is 0. The molecule has 4 nitrogen and oxygen atoms in total. The zero-order chi connectivity index (χ0) is 11.5. The molecule has 2 unspecified atom stereocenters. The van der Waals surface area contributed by atoms with E-state index in [0.717, 1.165) is 5.56 Å². The Morgan fingerprint density at radius 1 is 1.47 bits per heavy atom. The molecule has 15 heavy (non-hydrogen) atoms. The van der Waals surface area contributed by atoms with Gasteiger partial charge in [-0.1, -0.05) is 30.3 Å². The van der Waals surface area contributed by atoms with Crippen LogP contribution >= 0.6 is 0 Å². The van der Waals surface area contributed by atoms with Crippen molar-refractivity contribution in [2.24, 2.45) is 5.73 Å². The molecule has 0 bridgehead atoms. The van der Waals surface area contributed by atoms with E-state index in [2.05, 4.69) is 0 Å². The van der Waals surface area contributed by atoms with Crippen molar-refractivity contribution in [3.05, 3.63) is 35.9 Å². The molecule has 82 valence electrons. The number of aliphatic carboxylic acids is 1. The summed E-state index contributed by atoms with van der Waals surface area (Å²) < 4.78 is 0. The van der Waals surface area contributed by atoms with Gasteiger partial charge in [0.05, 0.1) is 5.60 Å². The fraction of sp³-hybridized carbons (Fsp3) is 0.364. The Kier molecular flexibility index (Phi) is 3.44. The van der Waals surface area contributed by atoms with Crippen LogP contribution in [0.5, 0.6) is 0 Å². The summed E-state index contributed by atoms with van der Waals surface area (Å²) in [6.45, 7) is 1.43. The monoisotopic (exact) mass is 209 g/mol. The van der Waals surface area contributed by atoms with E-state index in [1.54, 1.807) is 0 Å². The van der Waals surface area contributed by atoms with E-state index in [9.17, 15) is 9.90 Å². The highest BCUT2D eigenvalue weighted by atomic mass is 16.4. The highest BCUT2D eigenvalue weighted by molar-refractivity contribution is 5.74. The van der Waals surface area contributed by atoms with E-state index in [-0.39, 0.29) is 6.42 Å². The summed E-state index contributed by atoms with van der Waals surface area (Å²) >= 11 is 0. The van der Waals surface area contributed by atoms with E-state index >= 15 is 0 Å². The standard InChI is InChI=1S/C11H15NO3/c1-11(15,9(12)10(13)14)7-8-5-3-2-4-6-8/h2-6,9,15H,7,12H2,1H3,(H,13,14). The predicted octanol–water partition coefficient (Wildman–Crippen LogP) is 0.392. The lowest BCUT2D eigenvalue weighted by atomic mass is 9.89. The van der Waals surface area contributed by atoms with E-state index in [0.29, 0.717) is 0 Å². The zero-order valence-corrected chi connectivity index (χ0v) is 8.55. The van der Waals surface area contributed by atoms with Crippen molar-refractivity contribution >= 4 is 5.97 Å². The fourth-order valence-corrected chi connectivity index (χ4v) is 1.39. The topological polar surface area (TPSA) is 83.5 Å². The van der Waals surface area contributed by atoms with Gasteiger partial charge in [0.25, 0.3) is 0 Å². The Morgan fingerprint density at radius 3 is 2.47 bits per heavy atom. The first-order valence-corrected chi connectivity index (χ1v) is 4.68. The SMILES string of the molecule is CC(O)(Cc1ccccc1)C(N)C(=O)O. The van der Waals surface area contributed by atoms with Crippen LogP contribution in [0.15, 0.2) is 30.3 Å². The first-order chi connectivity index (χ1) is 6.93. The second kappa shape index (κ2) is 4.42. The van der Waals surface area contributed by atoms with Crippen LogP contribution in [0.3, 0.4) is 0 Å². The summed E-state index contributed by atoms with van der Waals surface area (Å²) in [5.41, 5.74) is 4.82. The summed E-state index contributed by atoms with van der Waals surface area (Å²) in [6.07, 6.45) is 0.224. The van der Waals surface area contributed by atoms with Crippen molar-refractivity contribution in [1.82, 2.24) is 0 Å². The molecule has 1 aromatic carbocycles. The van der Waals surface area contributed by atoms with Crippen LogP contribution in [-0.2, 0) is 11.2 Å². The lowest BCUT2D eigenvalue weighted by Crippen LogP contribution is -2.52. The van der Waals surface area contributed by atoms with Crippen molar-refractivity contribution in [3.8, 4) is 0 Å². The van der Waals surface area contributed by atoms with Crippen LogP contribution in [0.25, 0.3) is 0 Å². The Hall–Kier alpha value is -1.39. The van der Waals surface area contributed by atoms with Gasteiger partial charge in [-0.25, -0.2) is 0 Å². The molecule has 0 radical (unpaired) electrons. The molecule has 1 rings (SSSR count). The normalized spacial score (nSPS) is 16.7. The van der Waals surface area contributed by atoms with Gasteiger partial charge in [-0.05, 0) is 12.5 Å². The molecule has 0 aliphatic carbocycles. The average molecular weight is 209 g/mol. The fourth-order valence-electron chi connectivity index (χ4n) is 1.39. The minimum absolute atomic E-state index is 0.224. The quantitative estimate of drug-likeness (QED) is 0.670. The summed E-state index contributed by atoms with van der Waals surface area (Å²) in [6, 6.07) is 7.88. The van der Waals surface area contributed by atoms with Crippen LogP contribution in [0.2, 0.25) is 0 Å². The van der Waals surface area contributed by atoms with Crippen molar-refractivity contribution in [1.29, 1.82) is 0 Å². The van der Waals surface area contributed by atoms with Gasteiger partial charge < -0.3 is 15.9 Å². The van der Waals surface area contributed by atoms with Gasteiger partial charge in [0, 0.05) is 6.42 Å². The summed E-state index contributed by atoms with van der Waals surface area (Å²) in [5, 5.41) is 18.6. The number of carboxylic acid groups (broad SMARTS) is 1. The molecule has 0 aliphatic rings. The van der Waals surface area contributed by atoms with Gasteiger partial charge in [0.15, 0.2) is 0 Å². The lowest BCUT2D eigenvalue weighted by Gasteiger charge is -2.27. The van der Waals surface area contributed by atoms with Gasteiger partial charge in [-0.15, -0.1) is 0 Å². The molecule has 2 atom stereocenters. The molecular weight excluding hydrogens is 194 g/mol. The molecule has 0 aliphatic heterocycles. The first-order valence-electron chi connectivity index (χ1n) is 4.68. The third-order valence-electron chi connectivity index (χ3n) is 2.34. The molecule has 0 heterocycles. The molecule has 4 heteroatoms. The minimum atomic E-state index is -1.44. The number of hydrogen-bond acceptors (Lipinski definition) is 3. The Bertz CT molecular complexity index is 335. The van der Waals surface area contributed by atoms with Crippen LogP contribution in [0, 0.1) is 0 Å². The minimum Gasteiger partial charge on any atom is -0.480 e. The van der Waals surface area contributed by atoms with Gasteiger partial charge in [0.2, 0.25) is 0 Å². The van der Waals surface area contributed by atoms with Crippen molar-refractivity contribution in [2.45, 2.75) is 25.0 Å².